The van der Waals surface area contributed by atoms with Crippen LogP contribution in [0, 0.1) is 0 Å². The van der Waals surface area contributed by atoms with Crippen LogP contribution in [0.5, 0.6) is 0 Å². The molecule has 16 heavy (non-hydrogen) atoms. The van der Waals surface area contributed by atoms with Gasteiger partial charge in [0.2, 0.25) is 0 Å². The zero-order chi connectivity index (χ0) is 11.5. The van der Waals surface area contributed by atoms with Gasteiger partial charge in [-0.15, -0.1) is 0 Å². The largest absolute Gasteiger partial charge is 0.383 e. The molecular weight excluding hydrogens is 222 g/mol. The molecule has 1 aromatic heterocycles. The Balaban J connectivity index is 2.38. The quantitative estimate of drug-likeness (QED) is 0.647. The Hall–Kier alpha value is -1.62. The zero-order valence-corrected chi connectivity index (χ0v) is 9.62. The summed E-state index contributed by atoms with van der Waals surface area (Å²) in [6.45, 7) is 1.54. The number of nitrogen functional groups attached to an aromatic ring is 1. The molecule has 0 bridgehead atoms. The number of nitrogens with zero attached hydrogens (tertiary/aromatic N) is 2. The fourth-order valence-electron chi connectivity index (χ4n) is 1.31. The number of Topliss-reactive ketones (excluding diaryl/α,β-unsaturated/α-hetero) is 1. The Morgan fingerprint density at radius 3 is 2.88 bits per heavy atom. The lowest BCUT2D eigenvalue weighted by Crippen LogP contribution is -1.99. The molecule has 1 heterocycles. The van der Waals surface area contributed by atoms with Crippen molar-refractivity contribution in [1.29, 1.82) is 0 Å². The first-order chi connectivity index (χ1) is 7.66. The summed E-state index contributed by atoms with van der Waals surface area (Å²) in [5, 5.41) is 1.39. The van der Waals surface area contributed by atoms with Crippen molar-refractivity contribution in [1.82, 2.24) is 9.97 Å². The van der Waals surface area contributed by atoms with Gasteiger partial charge >= 0.3 is 0 Å². The van der Waals surface area contributed by atoms with E-state index in [0.29, 0.717) is 16.7 Å². The monoisotopic (exact) mass is 233 g/mol. The van der Waals surface area contributed by atoms with Crippen molar-refractivity contribution in [2.24, 2.45) is 0 Å². The van der Waals surface area contributed by atoms with Gasteiger partial charge in [-0.05, 0) is 19.1 Å². The van der Waals surface area contributed by atoms with Crippen LogP contribution in [-0.2, 0) is 4.79 Å². The summed E-state index contributed by atoms with van der Waals surface area (Å²) in [7, 11) is 0. The number of para-hydroxylation sites is 1. The fraction of sp³-hybridized carbons (Fsp3) is 0.182. The third kappa shape index (κ3) is 2.30. The van der Waals surface area contributed by atoms with Crippen molar-refractivity contribution < 1.29 is 4.79 Å². The second-order valence-electron chi connectivity index (χ2n) is 3.40. The Morgan fingerprint density at radius 2 is 2.12 bits per heavy atom. The standard InChI is InChI=1S/C11H11N3OS/c1-7(15)6-16-11-13-9-5-3-2-4-8(9)10(12)14-11/h2-5H,6H2,1H3,(H2,12,13,14). The molecule has 2 N–H and O–H groups in total. The van der Waals surface area contributed by atoms with Gasteiger partial charge in [0.15, 0.2) is 5.16 Å². The number of benzene rings is 1. The van der Waals surface area contributed by atoms with Gasteiger partial charge in [0, 0.05) is 5.39 Å². The van der Waals surface area contributed by atoms with E-state index in [1.807, 2.05) is 24.3 Å². The van der Waals surface area contributed by atoms with Gasteiger partial charge < -0.3 is 5.73 Å². The minimum absolute atomic E-state index is 0.0975. The van der Waals surface area contributed by atoms with Crippen molar-refractivity contribution in [2.75, 3.05) is 11.5 Å². The average molecular weight is 233 g/mol. The normalized spacial score (nSPS) is 10.6. The van der Waals surface area contributed by atoms with Gasteiger partial charge in [0.25, 0.3) is 0 Å². The van der Waals surface area contributed by atoms with E-state index in [2.05, 4.69) is 9.97 Å². The van der Waals surface area contributed by atoms with Gasteiger partial charge in [-0.1, -0.05) is 23.9 Å². The minimum atomic E-state index is 0.0975. The highest BCUT2D eigenvalue weighted by Gasteiger charge is 2.05. The average Bonchev–Trinajstić information content (AvgIpc) is 2.26. The van der Waals surface area contributed by atoms with Crippen molar-refractivity contribution in [3.8, 4) is 0 Å². The third-order valence-corrected chi connectivity index (χ3v) is 3.01. The van der Waals surface area contributed by atoms with Crippen molar-refractivity contribution in [2.45, 2.75) is 12.1 Å². The zero-order valence-electron chi connectivity index (χ0n) is 8.80. The first-order valence-electron chi connectivity index (χ1n) is 4.81. The molecule has 0 atom stereocenters. The molecule has 0 unspecified atom stereocenters. The molecule has 0 aliphatic heterocycles. The number of carbonyl (C=O) groups excluding carboxylic acids is 1. The molecule has 5 heteroatoms. The highest BCUT2D eigenvalue weighted by molar-refractivity contribution is 7.99. The predicted molar refractivity (Wildman–Crippen MR) is 65.4 cm³/mol. The number of thioether (sulfide) groups is 1. The van der Waals surface area contributed by atoms with E-state index in [-0.39, 0.29) is 5.78 Å². The lowest BCUT2D eigenvalue weighted by molar-refractivity contribution is -0.114. The third-order valence-electron chi connectivity index (χ3n) is 2.02. The number of hydrogen-bond donors (Lipinski definition) is 1. The molecule has 0 radical (unpaired) electrons. The highest BCUT2D eigenvalue weighted by atomic mass is 32.2. The van der Waals surface area contributed by atoms with Crippen LogP contribution < -0.4 is 5.73 Å². The molecule has 0 amide bonds. The van der Waals surface area contributed by atoms with Crippen molar-refractivity contribution in [3.63, 3.8) is 0 Å². The lowest BCUT2D eigenvalue weighted by Gasteiger charge is -2.03. The van der Waals surface area contributed by atoms with Gasteiger partial charge in [0.1, 0.15) is 11.6 Å². The molecule has 2 rings (SSSR count). The molecule has 0 aliphatic rings. The van der Waals surface area contributed by atoms with E-state index in [1.165, 1.54) is 18.7 Å². The highest BCUT2D eigenvalue weighted by Crippen LogP contribution is 2.21. The Bertz CT molecular complexity index is 542. The number of ketones is 1. The Labute approximate surface area is 97.3 Å². The first-order valence-corrected chi connectivity index (χ1v) is 5.80. The van der Waals surface area contributed by atoms with Crippen LogP contribution >= 0.6 is 11.8 Å². The number of anilines is 1. The van der Waals surface area contributed by atoms with Crippen LogP contribution in [0.4, 0.5) is 5.82 Å². The van der Waals surface area contributed by atoms with E-state index >= 15 is 0 Å². The van der Waals surface area contributed by atoms with E-state index in [1.54, 1.807) is 0 Å². The molecule has 0 fully saturated rings. The van der Waals surface area contributed by atoms with Gasteiger partial charge in [-0.3, -0.25) is 4.79 Å². The number of fused-ring (bicyclic) bond motifs is 1. The molecular formula is C11H11N3OS. The van der Waals surface area contributed by atoms with Gasteiger partial charge in [-0.25, -0.2) is 9.97 Å². The van der Waals surface area contributed by atoms with Crippen LogP contribution in [0.15, 0.2) is 29.4 Å². The van der Waals surface area contributed by atoms with E-state index < -0.39 is 0 Å². The smallest absolute Gasteiger partial charge is 0.190 e. The summed E-state index contributed by atoms with van der Waals surface area (Å²) in [5.41, 5.74) is 6.62. The summed E-state index contributed by atoms with van der Waals surface area (Å²) in [6, 6.07) is 7.55. The Morgan fingerprint density at radius 1 is 1.38 bits per heavy atom. The molecule has 0 saturated carbocycles. The van der Waals surface area contributed by atoms with Gasteiger partial charge in [0.05, 0.1) is 11.3 Å². The molecule has 4 nitrogen and oxygen atoms in total. The number of aromatic nitrogens is 2. The molecule has 2 aromatic rings. The maximum absolute atomic E-state index is 10.9. The Kier molecular flexibility index (Phi) is 3.05. The van der Waals surface area contributed by atoms with Crippen molar-refractivity contribution in [3.05, 3.63) is 24.3 Å². The minimum Gasteiger partial charge on any atom is -0.383 e. The number of carbonyl (C=O) groups is 1. The van der Waals surface area contributed by atoms with Gasteiger partial charge in [-0.2, -0.15) is 0 Å². The van der Waals surface area contributed by atoms with Crippen LogP contribution in [0.2, 0.25) is 0 Å². The maximum Gasteiger partial charge on any atom is 0.190 e. The molecule has 0 aliphatic carbocycles. The summed E-state index contributed by atoms with van der Waals surface area (Å²) in [5.74, 6) is 0.926. The van der Waals surface area contributed by atoms with E-state index in [9.17, 15) is 4.79 Å². The maximum atomic E-state index is 10.9. The predicted octanol–water partition coefficient (Wildman–Crippen LogP) is 1.89. The number of rotatable bonds is 3. The molecule has 0 saturated heterocycles. The summed E-state index contributed by atoms with van der Waals surface area (Å²) >= 11 is 1.31. The van der Waals surface area contributed by atoms with E-state index in [4.69, 9.17) is 5.73 Å². The molecule has 0 spiro atoms. The molecule has 1 aromatic carbocycles. The second-order valence-corrected chi connectivity index (χ2v) is 4.34. The fourth-order valence-corrected chi connectivity index (χ4v) is 1.97. The topological polar surface area (TPSA) is 68.9 Å². The summed E-state index contributed by atoms with van der Waals surface area (Å²) < 4.78 is 0. The second kappa shape index (κ2) is 4.49. The van der Waals surface area contributed by atoms with Crippen LogP contribution in [0.1, 0.15) is 6.92 Å². The molecule has 82 valence electrons. The lowest BCUT2D eigenvalue weighted by atomic mass is 10.2. The van der Waals surface area contributed by atoms with Crippen molar-refractivity contribution >= 4 is 34.3 Å². The number of nitrogens with two attached hydrogens (primary N) is 1. The summed E-state index contributed by atoms with van der Waals surface area (Å²) in [4.78, 5) is 19.3. The van der Waals surface area contributed by atoms with Crippen LogP contribution in [-0.4, -0.2) is 21.5 Å². The summed E-state index contributed by atoms with van der Waals surface area (Å²) in [6.07, 6.45) is 0. The number of hydrogen-bond acceptors (Lipinski definition) is 5. The first kappa shape index (κ1) is 10.9. The van der Waals surface area contributed by atoms with Crippen LogP contribution in [0.3, 0.4) is 0 Å². The van der Waals surface area contributed by atoms with Crippen LogP contribution in [0.25, 0.3) is 10.9 Å². The SMILES string of the molecule is CC(=O)CSc1nc(N)c2ccccc2n1. The van der Waals surface area contributed by atoms with E-state index in [0.717, 1.165) is 10.9 Å².